The molecule has 0 spiro atoms. The molecule has 1 aromatic carbocycles. The zero-order chi connectivity index (χ0) is 18.2. The Hall–Kier alpha value is -1.72. The molecule has 2 aromatic rings. The zero-order valence-corrected chi connectivity index (χ0v) is 16.1. The number of thioether (sulfide) groups is 1. The lowest BCUT2D eigenvalue weighted by molar-refractivity contribution is -0.119. The number of nitrogens with zero attached hydrogens (tertiary/aromatic N) is 1. The molecule has 26 heavy (non-hydrogen) atoms. The van der Waals surface area contributed by atoms with E-state index in [1.165, 1.54) is 5.56 Å². The van der Waals surface area contributed by atoms with Gasteiger partial charge >= 0.3 is 0 Å². The number of benzene rings is 1. The van der Waals surface area contributed by atoms with E-state index in [-0.39, 0.29) is 18.1 Å². The van der Waals surface area contributed by atoms with Gasteiger partial charge in [-0.25, -0.2) is 4.98 Å². The monoisotopic (exact) mass is 390 g/mol. The maximum Gasteiger partial charge on any atom is 0.230 e. The van der Waals surface area contributed by atoms with Crippen molar-refractivity contribution in [3.05, 3.63) is 59.2 Å². The molecule has 3 rings (SSSR count). The Morgan fingerprint density at radius 2 is 1.92 bits per heavy atom. The molecule has 1 N–H and O–H groups in total. The standard InChI is InChI=1S/C20H23ClN2O2S/c21-16-6-11-20(22-12-16)25-18-9-7-17(8-10-18)23-19(24)14-26-13-15-4-2-1-3-5-15/h1-6,11-12,17-18H,7-10,13-14H2,(H,23,24). The number of hydrogen-bond acceptors (Lipinski definition) is 4. The minimum Gasteiger partial charge on any atom is -0.474 e. The third kappa shape index (κ3) is 6.22. The van der Waals surface area contributed by atoms with Gasteiger partial charge in [-0.15, -0.1) is 11.8 Å². The first-order valence-corrected chi connectivity index (χ1v) is 10.4. The molecule has 0 atom stereocenters. The molecule has 1 fully saturated rings. The SMILES string of the molecule is O=C(CSCc1ccccc1)NC1CCC(Oc2ccc(Cl)cn2)CC1. The van der Waals surface area contributed by atoms with Gasteiger partial charge < -0.3 is 10.1 Å². The average molecular weight is 391 g/mol. The first-order valence-electron chi connectivity index (χ1n) is 8.88. The van der Waals surface area contributed by atoms with Crippen molar-refractivity contribution in [1.29, 1.82) is 0 Å². The number of hydrogen-bond donors (Lipinski definition) is 1. The highest BCUT2D eigenvalue weighted by atomic mass is 35.5. The van der Waals surface area contributed by atoms with Gasteiger partial charge in [0, 0.05) is 24.1 Å². The maximum atomic E-state index is 12.1. The van der Waals surface area contributed by atoms with Crippen LogP contribution < -0.4 is 10.1 Å². The quantitative estimate of drug-likeness (QED) is 0.757. The highest BCUT2D eigenvalue weighted by Gasteiger charge is 2.23. The Bertz CT molecular complexity index is 689. The fourth-order valence-corrected chi connectivity index (χ4v) is 3.94. The van der Waals surface area contributed by atoms with Crippen LogP contribution in [0.3, 0.4) is 0 Å². The predicted molar refractivity (Wildman–Crippen MR) is 107 cm³/mol. The number of ether oxygens (including phenoxy) is 1. The number of nitrogens with one attached hydrogen (secondary N) is 1. The van der Waals surface area contributed by atoms with Crippen molar-refractivity contribution in [2.45, 2.75) is 43.6 Å². The van der Waals surface area contributed by atoms with Crippen LogP contribution in [-0.4, -0.2) is 28.8 Å². The van der Waals surface area contributed by atoms with E-state index in [0.29, 0.717) is 16.7 Å². The van der Waals surface area contributed by atoms with E-state index in [0.717, 1.165) is 31.4 Å². The molecule has 138 valence electrons. The first kappa shape index (κ1) is 19.1. The molecule has 0 radical (unpaired) electrons. The Kier molecular flexibility index (Phi) is 7.21. The van der Waals surface area contributed by atoms with E-state index < -0.39 is 0 Å². The summed E-state index contributed by atoms with van der Waals surface area (Å²) in [7, 11) is 0. The van der Waals surface area contributed by atoms with Gasteiger partial charge in [0.25, 0.3) is 0 Å². The fraction of sp³-hybridized carbons (Fsp3) is 0.400. The smallest absolute Gasteiger partial charge is 0.230 e. The van der Waals surface area contributed by atoms with Gasteiger partial charge in [-0.2, -0.15) is 0 Å². The van der Waals surface area contributed by atoms with Crippen molar-refractivity contribution in [3.8, 4) is 5.88 Å². The Morgan fingerprint density at radius 1 is 1.15 bits per heavy atom. The van der Waals surface area contributed by atoms with E-state index in [1.54, 1.807) is 30.1 Å². The lowest BCUT2D eigenvalue weighted by atomic mass is 9.93. The third-order valence-electron chi connectivity index (χ3n) is 4.37. The van der Waals surface area contributed by atoms with Crippen molar-refractivity contribution in [1.82, 2.24) is 10.3 Å². The molecule has 1 heterocycles. The summed E-state index contributed by atoms with van der Waals surface area (Å²) in [5.74, 6) is 2.09. The lowest BCUT2D eigenvalue weighted by Crippen LogP contribution is -2.40. The summed E-state index contributed by atoms with van der Waals surface area (Å²) in [6.07, 6.45) is 5.47. The van der Waals surface area contributed by atoms with Crippen LogP contribution in [0.2, 0.25) is 5.02 Å². The normalized spacial score (nSPS) is 19.7. The zero-order valence-electron chi connectivity index (χ0n) is 14.6. The molecule has 1 saturated carbocycles. The van der Waals surface area contributed by atoms with E-state index >= 15 is 0 Å². The molecule has 1 aliphatic rings. The van der Waals surface area contributed by atoms with E-state index in [1.807, 2.05) is 18.2 Å². The summed E-state index contributed by atoms with van der Waals surface area (Å²) in [5.41, 5.74) is 1.25. The van der Waals surface area contributed by atoms with E-state index in [2.05, 4.69) is 22.4 Å². The molecule has 0 bridgehead atoms. The number of carbonyl (C=O) groups excluding carboxylic acids is 1. The van der Waals surface area contributed by atoms with Gasteiger partial charge in [0.05, 0.1) is 10.8 Å². The second-order valence-corrected chi connectivity index (χ2v) is 7.87. The largest absolute Gasteiger partial charge is 0.474 e. The maximum absolute atomic E-state index is 12.1. The third-order valence-corrected chi connectivity index (χ3v) is 5.60. The van der Waals surface area contributed by atoms with Crippen LogP contribution in [0.4, 0.5) is 0 Å². The van der Waals surface area contributed by atoms with Gasteiger partial charge in [0.2, 0.25) is 11.8 Å². The summed E-state index contributed by atoms with van der Waals surface area (Å²) >= 11 is 7.48. The van der Waals surface area contributed by atoms with Crippen LogP contribution in [0.25, 0.3) is 0 Å². The minimum atomic E-state index is 0.120. The van der Waals surface area contributed by atoms with Gasteiger partial charge in [-0.05, 0) is 37.3 Å². The molecule has 1 amide bonds. The van der Waals surface area contributed by atoms with Crippen LogP contribution >= 0.6 is 23.4 Å². The van der Waals surface area contributed by atoms with Crippen LogP contribution in [0, 0.1) is 0 Å². The Balaban J connectivity index is 1.33. The summed E-state index contributed by atoms with van der Waals surface area (Å²) in [6, 6.07) is 14.0. The molecule has 4 nitrogen and oxygen atoms in total. The highest BCUT2D eigenvalue weighted by Crippen LogP contribution is 2.23. The topological polar surface area (TPSA) is 51.2 Å². The van der Waals surface area contributed by atoms with Crippen LogP contribution in [0.1, 0.15) is 31.2 Å². The van der Waals surface area contributed by atoms with E-state index in [9.17, 15) is 4.79 Å². The molecule has 1 aliphatic carbocycles. The molecule has 0 aliphatic heterocycles. The van der Waals surface area contributed by atoms with Crippen molar-refractivity contribution in [3.63, 3.8) is 0 Å². The Labute approximate surface area is 163 Å². The molecular weight excluding hydrogens is 368 g/mol. The van der Waals surface area contributed by atoms with Crippen LogP contribution in [0.15, 0.2) is 48.7 Å². The second-order valence-electron chi connectivity index (χ2n) is 6.45. The number of carbonyl (C=O) groups is 1. The van der Waals surface area contributed by atoms with Gasteiger partial charge in [0.15, 0.2) is 0 Å². The van der Waals surface area contributed by atoms with Crippen molar-refractivity contribution in [2.75, 3.05) is 5.75 Å². The van der Waals surface area contributed by atoms with E-state index in [4.69, 9.17) is 16.3 Å². The predicted octanol–water partition coefficient (Wildman–Crippen LogP) is 4.47. The summed E-state index contributed by atoms with van der Waals surface area (Å²) < 4.78 is 5.89. The van der Waals surface area contributed by atoms with Gasteiger partial charge in [-0.3, -0.25) is 4.79 Å². The number of aromatic nitrogens is 1. The highest BCUT2D eigenvalue weighted by molar-refractivity contribution is 7.99. The number of halogens is 1. The number of rotatable bonds is 7. The van der Waals surface area contributed by atoms with Crippen molar-refractivity contribution < 1.29 is 9.53 Å². The average Bonchev–Trinajstić information content (AvgIpc) is 2.66. The summed E-state index contributed by atoms with van der Waals surface area (Å²) in [6.45, 7) is 0. The summed E-state index contributed by atoms with van der Waals surface area (Å²) in [5, 5.41) is 3.75. The van der Waals surface area contributed by atoms with Crippen molar-refractivity contribution in [2.24, 2.45) is 0 Å². The lowest BCUT2D eigenvalue weighted by Gasteiger charge is -2.29. The van der Waals surface area contributed by atoms with Gasteiger partial charge in [-0.1, -0.05) is 41.9 Å². The second kappa shape index (κ2) is 9.83. The fourth-order valence-electron chi connectivity index (χ4n) is 3.03. The molecule has 6 heteroatoms. The summed E-state index contributed by atoms with van der Waals surface area (Å²) in [4.78, 5) is 16.3. The molecule has 1 aromatic heterocycles. The number of amides is 1. The van der Waals surface area contributed by atoms with Gasteiger partial charge in [0.1, 0.15) is 6.10 Å². The van der Waals surface area contributed by atoms with Crippen LogP contribution in [-0.2, 0) is 10.5 Å². The number of pyridine rings is 1. The minimum absolute atomic E-state index is 0.120. The van der Waals surface area contributed by atoms with Crippen molar-refractivity contribution >= 4 is 29.3 Å². The van der Waals surface area contributed by atoms with Crippen LogP contribution in [0.5, 0.6) is 5.88 Å². The molecular formula is C20H23ClN2O2S. The first-order chi connectivity index (χ1) is 12.7. The molecule has 0 saturated heterocycles. The Morgan fingerprint density at radius 3 is 2.62 bits per heavy atom. The molecule has 0 unspecified atom stereocenters.